The van der Waals surface area contributed by atoms with Crippen LogP contribution in [-0.2, 0) is 13.6 Å². The first-order valence-electron chi connectivity index (χ1n) is 6.55. The van der Waals surface area contributed by atoms with Gasteiger partial charge < -0.3 is 5.32 Å². The van der Waals surface area contributed by atoms with Gasteiger partial charge in [0.2, 0.25) is 0 Å². The zero-order valence-corrected chi connectivity index (χ0v) is 11.2. The molecular weight excluding hydrogens is 212 g/mol. The molecule has 1 saturated carbocycles. The SMILES string of the molecule is CNC1CCCCC1N(C)Cc1cnn(C)c1. The fourth-order valence-electron chi connectivity index (χ4n) is 2.93. The summed E-state index contributed by atoms with van der Waals surface area (Å²) in [7, 11) is 6.29. The van der Waals surface area contributed by atoms with E-state index in [4.69, 9.17) is 0 Å². The Labute approximate surface area is 104 Å². The second-order valence-corrected chi connectivity index (χ2v) is 5.18. The smallest absolute Gasteiger partial charge is 0.0534 e. The summed E-state index contributed by atoms with van der Waals surface area (Å²) in [6.07, 6.45) is 9.41. The summed E-state index contributed by atoms with van der Waals surface area (Å²) >= 11 is 0. The molecule has 4 nitrogen and oxygen atoms in total. The van der Waals surface area contributed by atoms with Crippen molar-refractivity contribution in [3.8, 4) is 0 Å². The van der Waals surface area contributed by atoms with E-state index in [9.17, 15) is 0 Å². The van der Waals surface area contributed by atoms with Gasteiger partial charge in [0, 0.05) is 37.4 Å². The number of nitrogens with zero attached hydrogens (tertiary/aromatic N) is 3. The first-order chi connectivity index (χ1) is 8.20. The fraction of sp³-hybridized carbons (Fsp3) is 0.769. The zero-order valence-electron chi connectivity index (χ0n) is 11.2. The average molecular weight is 236 g/mol. The molecule has 2 unspecified atom stereocenters. The minimum absolute atomic E-state index is 0.644. The van der Waals surface area contributed by atoms with Gasteiger partial charge in [-0.2, -0.15) is 5.10 Å². The van der Waals surface area contributed by atoms with Crippen molar-refractivity contribution in [3.05, 3.63) is 18.0 Å². The molecule has 96 valence electrons. The maximum absolute atomic E-state index is 4.23. The van der Waals surface area contributed by atoms with Crippen LogP contribution in [0.3, 0.4) is 0 Å². The standard InChI is InChI=1S/C13H24N4/c1-14-12-6-4-5-7-13(12)16(2)9-11-8-15-17(3)10-11/h8,10,12-14H,4-7,9H2,1-3H3. The highest BCUT2D eigenvalue weighted by Crippen LogP contribution is 2.23. The largest absolute Gasteiger partial charge is 0.315 e. The Balaban J connectivity index is 1.95. The molecule has 0 aromatic carbocycles. The van der Waals surface area contributed by atoms with Crippen molar-refractivity contribution in [1.82, 2.24) is 20.0 Å². The molecule has 1 aromatic heterocycles. The molecule has 0 saturated heterocycles. The minimum Gasteiger partial charge on any atom is -0.315 e. The first kappa shape index (κ1) is 12.6. The van der Waals surface area contributed by atoms with Crippen LogP contribution in [0.15, 0.2) is 12.4 Å². The Hall–Kier alpha value is -0.870. The number of aromatic nitrogens is 2. The van der Waals surface area contributed by atoms with Gasteiger partial charge in [0.1, 0.15) is 0 Å². The van der Waals surface area contributed by atoms with Crippen LogP contribution in [0.25, 0.3) is 0 Å². The summed E-state index contributed by atoms with van der Waals surface area (Å²) < 4.78 is 1.87. The van der Waals surface area contributed by atoms with Crippen LogP contribution in [0.1, 0.15) is 31.2 Å². The van der Waals surface area contributed by atoms with E-state index < -0.39 is 0 Å². The summed E-state index contributed by atoms with van der Waals surface area (Å²) in [5, 5.41) is 7.69. The maximum atomic E-state index is 4.23. The van der Waals surface area contributed by atoms with Crippen LogP contribution in [0.2, 0.25) is 0 Å². The van der Waals surface area contributed by atoms with E-state index in [1.165, 1.54) is 31.2 Å². The number of hydrogen-bond acceptors (Lipinski definition) is 3. The van der Waals surface area contributed by atoms with Crippen molar-refractivity contribution in [2.45, 2.75) is 44.3 Å². The summed E-state index contributed by atoms with van der Waals surface area (Å²) in [5.41, 5.74) is 1.30. The van der Waals surface area contributed by atoms with Crippen LogP contribution >= 0.6 is 0 Å². The van der Waals surface area contributed by atoms with Crippen molar-refractivity contribution < 1.29 is 0 Å². The third-order valence-corrected chi connectivity index (χ3v) is 3.86. The molecule has 0 amide bonds. The number of hydrogen-bond donors (Lipinski definition) is 1. The monoisotopic (exact) mass is 236 g/mol. The Morgan fingerprint density at radius 1 is 1.47 bits per heavy atom. The molecule has 2 rings (SSSR count). The van der Waals surface area contributed by atoms with Gasteiger partial charge in [-0.25, -0.2) is 0 Å². The van der Waals surface area contributed by atoms with E-state index in [0.717, 1.165) is 6.54 Å². The van der Waals surface area contributed by atoms with Crippen molar-refractivity contribution in [3.63, 3.8) is 0 Å². The van der Waals surface area contributed by atoms with Crippen molar-refractivity contribution >= 4 is 0 Å². The zero-order chi connectivity index (χ0) is 12.3. The molecule has 4 heteroatoms. The quantitative estimate of drug-likeness (QED) is 0.857. The third-order valence-electron chi connectivity index (χ3n) is 3.86. The molecule has 1 heterocycles. The first-order valence-corrected chi connectivity index (χ1v) is 6.55. The highest BCUT2D eigenvalue weighted by atomic mass is 15.2. The summed E-state index contributed by atoms with van der Waals surface area (Å²) in [6.45, 7) is 0.997. The third kappa shape index (κ3) is 3.07. The Kier molecular flexibility index (Phi) is 4.18. The second kappa shape index (κ2) is 5.65. The molecule has 0 bridgehead atoms. The van der Waals surface area contributed by atoms with Gasteiger partial charge >= 0.3 is 0 Å². The lowest BCUT2D eigenvalue weighted by Crippen LogP contribution is -2.48. The molecule has 1 fully saturated rings. The normalized spacial score (nSPS) is 25.4. The molecule has 1 aliphatic carbocycles. The van der Waals surface area contributed by atoms with Gasteiger partial charge in [-0.1, -0.05) is 12.8 Å². The van der Waals surface area contributed by atoms with Crippen LogP contribution in [0.4, 0.5) is 0 Å². The molecule has 0 radical (unpaired) electrons. The van der Waals surface area contributed by atoms with Crippen molar-refractivity contribution in [1.29, 1.82) is 0 Å². The fourth-order valence-corrected chi connectivity index (χ4v) is 2.93. The van der Waals surface area contributed by atoms with Gasteiger partial charge in [-0.15, -0.1) is 0 Å². The van der Waals surface area contributed by atoms with E-state index in [-0.39, 0.29) is 0 Å². The average Bonchev–Trinajstić information content (AvgIpc) is 2.74. The number of likely N-dealkylation sites (N-methyl/N-ethyl adjacent to an activating group) is 2. The molecule has 17 heavy (non-hydrogen) atoms. The van der Waals surface area contributed by atoms with Gasteiger partial charge in [0.05, 0.1) is 6.20 Å². The van der Waals surface area contributed by atoms with Gasteiger partial charge in [0.15, 0.2) is 0 Å². The van der Waals surface area contributed by atoms with E-state index in [1.807, 2.05) is 17.9 Å². The highest BCUT2D eigenvalue weighted by Gasteiger charge is 2.27. The molecule has 1 aromatic rings. The van der Waals surface area contributed by atoms with Crippen LogP contribution in [0, 0.1) is 0 Å². The predicted molar refractivity (Wildman–Crippen MR) is 69.8 cm³/mol. The Bertz CT molecular complexity index is 347. The topological polar surface area (TPSA) is 33.1 Å². The summed E-state index contributed by atoms with van der Waals surface area (Å²) in [6, 6.07) is 1.30. The van der Waals surface area contributed by atoms with E-state index in [2.05, 4.69) is 35.6 Å². The maximum Gasteiger partial charge on any atom is 0.0534 e. The summed E-state index contributed by atoms with van der Waals surface area (Å²) in [4.78, 5) is 2.47. The van der Waals surface area contributed by atoms with Gasteiger partial charge in [0.25, 0.3) is 0 Å². The van der Waals surface area contributed by atoms with Crippen LogP contribution in [0.5, 0.6) is 0 Å². The van der Waals surface area contributed by atoms with Crippen LogP contribution in [-0.4, -0.2) is 40.9 Å². The Morgan fingerprint density at radius 2 is 2.24 bits per heavy atom. The van der Waals surface area contributed by atoms with E-state index >= 15 is 0 Å². The number of nitrogens with one attached hydrogen (secondary N) is 1. The van der Waals surface area contributed by atoms with Gasteiger partial charge in [-0.3, -0.25) is 9.58 Å². The predicted octanol–water partition coefficient (Wildman–Crippen LogP) is 1.38. The molecule has 0 aliphatic heterocycles. The molecule has 2 atom stereocenters. The van der Waals surface area contributed by atoms with Crippen molar-refractivity contribution in [2.24, 2.45) is 7.05 Å². The van der Waals surface area contributed by atoms with E-state index in [1.54, 1.807) is 0 Å². The lowest BCUT2D eigenvalue weighted by atomic mass is 9.89. The summed E-state index contributed by atoms with van der Waals surface area (Å²) in [5.74, 6) is 0. The van der Waals surface area contributed by atoms with E-state index in [0.29, 0.717) is 12.1 Å². The second-order valence-electron chi connectivity index (χ2n) is 5.18. The number of rotatable bonds is 4. The lowest BCUT2D eigenvalue weighted by molar-refractivity contribution is 0.147. The van der Waals surface area contributed by atoms with Crippen molar-refractivity contribution in [2.75, 3.05) is 14.1 Å². The lowest BCUT2D eigenvalue weighted by Gasteiger charge is -2.37. The minimum atomic E-state index is 0.644. The van der Waals surface area contributed by atoms with Gasteiger partial charge in [-0.05, 0) is 26.9 Å². The molecular formula is C13H24N4. The number of aryl methyl sites for hydroxylation is 1. The highest BCUT2D eigenvalue weighted by molar-refractivity contribution is 5.04. The molecule has 1 N–H and O–H groups in total. The Morgan fingerprint density at radius 3 is 2.88 bits per heavy atom. The molecule has 0 spiro atoms. The molecule has 1 aliphatic rings. The van der Waals surface area contributed by atoms with Crippen LogP contribution < -0.4 is 5.32 Å².